The quantitative estimate of drug-likeness (QED) is 0.806. The first-order chi connectivity index (χ1) is 6.53. The summed E-state index contributed by atoms with van der Waals surface area (Å²) in [5.41, 5.74) is 1.50. The van der Waals surface area contributed by atoms with E-state index in [4.69, 9.17) is 11.6 Å². The molecule has 0 spiro atoms. The van der Waals surface area contributed by atoms with E-state index in [1.165, 1.54) is 5.56 Å². The Morgan fingerprint density at radius 1 is 1.36 bits per heavy atom. The molecule has 0 saturated heterocycles. The predicted octanol–water partition coefficient (Wildman–Crippen LogP) is 3.27. The van der Waals surface area contributed by atoms with Crippen molar-refractivity contribution in [3.05, 3.63) is 34.9 Å². The van der Waals surface area contributed by atoms with Crippen LogP contribution in [0.4, 0.5) is 0 Å². The molecule has 0 unspecified atom stereocenters. The van der Waals surface area contributed by atoms with Gasteiger partial charge >= 0.3 is 0 Å². The second-order valence-electron chi connectivity index (χ2n) is 4.26. The Labute approximate surface area is 91.5 Å². The van der Waals surface area contributed by atoms with Crippen molar-refractivity contribution in [3.63, 3.8) is 0 Å². The first kappa shape index (κ1) is 11.5. The Hall–Kier alpha value is -0.530. The number of benzene rings is 1. The summed E-state index contributed by atoms with van der Waals surface area (Å²) in [4.78, 5) is 0. The van der Waals surface area contributed by atoms with Crippen molar-refractivity contribution in [2.24, 2.45) is 0 Å². The van der Waals surface area contributed by atoms with Crippen molar-refractivity contribution < 1.29 is 0 Å². The van der Waals surface area contributed by atoms with Crippen molar-refractivity contribution in [3.8, 4) is 0 Å². The molecule has 1 aromatic rings. The van der Waals surface area contributed by atoms with Crippen molar-refractivity contribution in [2.75, 3.05) is 7.05 Å². The lowest BCUT2D eigenvalue weighted by molar-refractivity contribution is 0.393. The second-order valence-corrected chi connectivity index (χ2v) is 4.70. The van der Waals surface area contributed by atoms with E-state index in [-0.39, 0.29) is 5.54 Å². The van der Waals surface area contributed by atoms with Crippen LogP contribution in [0.1, 0.15) is 25.8 Å². The fourth-order valence-electron chi connectivity index (χ4n) is 1.27. The maximum Gasteiger partial charge on any atom is 0.0408 e. The molecular weight excluding hydrogens is 194 g/mol. The fraction of sp³-hybridized carbons (Fsp3) is 0.500. The van der Waals surface area contributed by atoms with Crippen LogP contribution in [0, 0.1) is 0 Å². The van der Waals surface area contributed by atoms with Gasteiger partial charge in [-0.25, -0.2) is 0 Å². The standard InChI is InChI=1S/C12H18ClN/c1-12(2,14-3)8-7-10-5-4-6-11(13)9-10/h4-6,9,14H,7-8H2,1-3H3. The molecule has 14 heavy (non-hydrogen) atoms. The number of hydrogen-bond donors (Lipinski definition) is 1. The number of aryl methyl sites for hydroxylation is 1. The van der Waals surface area contributed by atoms with E-state index in [0.717, 1.165) is 17.9 Å². The molecule has 0 saturated carbocycles. The number of hydrogen-bond acceptors (Lipinski definition) is 1. The molecule has 0 heterocycles. The minimum Gasteiger partial charge on any atom is -0.315 e. The van der Waals surface area contributed by atoms with Crippen LogP contribution in [0.15, 0.2) is 24.3 Å². The van der Waals surface area contributed by atoms with E-state index < -0.39 is 0 Å². The second kappa shape index (κ2) is 4.81. The first-order valence-electron chi connectivity index (χ1n) is 4.97. The van der Waals surface area contributed by atoms with Crippen LogP contribution < -0.4 is 5.32 Å². The van der Waals surface area contributed by atoms with Gasteiger partial charge in [-0.05, 0) is 51.4 Å². The van der Waals surface area contributed by atoms with Crippen LogP contribution in [-0.4, -0.2) is 12.6 Å². The van der Waals surface area contributed by atoms with Gasteiger partial charge in [0.15, 0.2) is 0 Å². The highest BCUT2D eigenvalue weighted by Gasteiger charge is 2.13. The zero-order valence-electron chi connectivity index (χ0n) is 9.10. The highest BCUT2D eigenvalue weighted by atomic mass is 35.5. The van der Waals surface area contributed by atoms with Gasteiger partial charge in [0, 0.05) is 10.6 Å². The van der Waals surface area contributed by atoms with Gasteiger partial charge in [-0.15, -0.1) is 0 Å². The molecule has 1 N–H and O–H groups in total. The molecular formula is C12H18ClN. The Kier molecular flexibility index (Phi) is 3.97. The SMILES string of the molecule is CNC(C)(C)CCc1cccc(Cl)c1. The van der Waals surface area contributed by atoms with Gasteiger partial charge in [-0.1, -0.05) is 23.7 Å². The van der Waals surface area contributed by atoms with E-state index in [9.17, 15) is 0 Å². The van der Waals surface area contributed by atoms with Gasteiger partial charge in [0.05, 0.1) is 0 Å². The Bertz CT molecular complexity index is 294. The van der Waals surface area contributed by atoms with Crippen LogP contribution in [0.5, 0.6) is 0 Å². The maximum atomic E-state index is 5.91. The third kappa shape index (κ3) is 3.69. The lowest BCUT2D eigenvalue weighted by atomic mass is 9.96. The summed E-state index contributed by atoms with van der Waals surface area (Å²) in [6.07, 6.45) is 2.18. The van der Waals surface area contributed by atoms with Gasteiger partial charge in [0.1, 0.15) is 0 Å². The van der Waals surface area contributed by atoms with Crippen LogP contribution in [0.2, 0.25) is 5.02 Å². The molecule has 0 aromatic heterocycles. The summed E-state index contributed by atoms with van der Waals surface area (Å²) in [6, 6.07) is 8.07. The predicted molar refractivity (Wildman–Crippen MR) is 62.9 cm³/mol. The Balaban J connectivity index is 2.54. The van der Waals surface area contributed by atoms with E-state index in [0.29, 0.717) is 0 Å². The Morgan fingerprint density at radius 3 is 2.64 bits per heavy atom. The average molecular weight is 212 g/mol. The summed E-state index contributed by atoms with van der Waals surface area (Å²) in [6.45, 7) is 4.41. The molecule has 0 radical (unpaired) electrons. The fourth-order valence-corrected chi connectivity index (χ4v) is 1.49. The largest absolute Gasteiger partial charge is 0.315 e. The third-order valence-corrected chi connectivity index (χ3v) is 2.84. The van der Waals surface area contributed by atoms with Crippen molar-refractivity contribution in [1.29, 1.82) is 0 Å². The van der Waals surface area contributed by atoms with Gasteiger partial charge in [0.25, 0.3) is 0 Å². The van der Waals surface area contributed by atoms with Crippen molar-refractivity contribution in [2.45, 2.75) is 32.2 Å². The molecule has 2 heteroatoms. The highest BCUT2D eigenvalue weighted by Crippen LogP contribution is 2.16. The van der Waals surface area contributed by atoms with Gasteiger partial charge in [-0.2, -0.15) is 0 Å². The summed E-state index contributed by atoms with van der Waals surface area (Å²) in [5.74, 6) is 0. The summed E-state index contributed by atoms with van der Waals surface area (Å²) < 4.78 is 0. The molecule has 0 aliphatic heterocycles. The monoisotopic (exact) mass is 211 g/mol. The number of nitrogens with one attached hydrogen (secondary N) is 1. The molecule has 0 fully saturated rings. The summed E-state index contributed by atoms with van der Waals surface area (Å²) >= 11 is 5.91. The zero-order chi connectivity index (χ0) is 10.6. The molecule has 78 valence electrons. The van der Waals surface area contributed by atoms with E-state index >= 15 is 0 Å². The molecule has 0 amide bonds. The van der Waals surface area contributed by atoms with Crippen LogP contribution in [-0.2, 0) is 6.42 Å². The molecule has 1 rings (SSSR count). The average Bonchev–Trinajstić information content (AvgIpc) is 2.15. The summed E-state index contributed by atoms with van der Waals surface area (Å²) in [7, 11) is 2.00. The zero-order valence-corrected chi connectivity index (χ0v) is 9.86. The van der Waals surface area contributed by atoms with Crippen LogP contribution in [0.25, 0.3) is 0 Å². The smallest absolute Gasteiger partial charge is 0.0408 e. The third-order valence-electron chi connectivity index (χ3n) is 2.60. The van der Waals surface area contributed by atoms with Gasteiger partial charge < -0.3 is 5.32 Å². The van der Waals surface area contributed by atoms with Crippen molar-refractivity contribution >= 4 is 11.6 Å². The van der Waals surface area contributed by atoms with Crippen LogP contribution in [0.3, 0.4) is 0 Å². The summed E-state index contributed by atoms with van der Waals surface area (Å²) in [5, 5.41) is 4.12. The van der Waals surface area contributed by atoms with Crippen LogP contribution >= 0.6 is 11.6 Å². The maximum absolute atomic E-state index is 5.91. The normalized spacial score (nSPS) is 11.7. The number of halogens is 1. The van der Waals surface area contributed by atoms with Gasteiger partial charge in [-0.3, -0.25) is 0 Å². The minimum absolute atomic E-state index is 0.197. The molecule has 0 aliphatic carbocycles. The lowest BCUT2D eigenvalue weighted by Crippen LogP contribution is -2.36. The lowest BCUT2D eigenvalue weighted by Gasteiger charge is -2.23. The highest BCUT2D eigenvalue weighted by molar-refractivity contribution is 6.30. The topological polar surface area (TPSA) is 12.0 Å². The van der Waals surface area contributed by atoms with E-state index in [1.807, 2.05) is 25.2 Å². The molecule has 0 aliphatic rings. The van der Waals surface area contributed by atoms with Gasteiger partial charge in [0.2, 0.25) is 0 Å². The number of rotatable bonds is 4. The molecule has 1 nitrogen and oxygen atoms in total. The Morgan fingerprint density at radius 2 is 2.07 bits per heavy atom. The molecule has 0 bridgehead atoms. The first-order valence-corrected chi connectivity index (χ1v) is 5.35. The van der Waals surface area contributed by atoms with E-state index in [2.05, 4.69) is 25.2 Å². The molecule has 0 atom stereocenters. The van der Waals surface area contributed by atoms with E-state index in [1.54, 1.807) is 0 Å². The molecule has 1 aromatic carbocycles. The minimum atomic E-state index is 0.197. The van der Waals surface area contributed by atoms with Crippen molar-refractivity contribution in [1.82, 2.24) is 5.32 Å².